The van der Waals surface area contributed by atoms with Crippen molar-refractivity contribution in [2.24, 2.45) is 28.6 Å². The predicted molar refractivity (Wildman–Crippen MR) is 151 cm³/mol. The van der Waals surface area contributed by atoms with Crippen molar-refractivity contribution < 1.29 is 19.4 Å². The van der Waals surface area contributed by atoms with Gasteiger partial charge < -0.3 is 19.1 Å². The Morgan fingerprint density at radius 2 is 2.03 bits per heavy atom. The van der Waals surface area contributed by atoms with Crippen LogP contribution < -0.4 is 9.47 Å². The number of imidazole rings is 1. The van der Waals surface area contributed by atoms with Gasteiger partial charge in [-0.1, -0.05) is 31.6 Å². The fourth-order valence-corrected chi connectivity index (χ4v) is 8.51. The van der Waals surface area contributed by atoms with Crippen molar-refractivity contribution in [2.75, 3.05) is 13.7 Å². The molecule has 208 valence electrons. The monoisotopic (exact) mass is 530 g/mol. The Morgan fingerprint density at radius 1 is 1.15 bits per heavy atom. The van der Waals surface area contributed by atoms with Crippen molar-refractivity contribution in [3.8, 4) is 11.5 Å². The average molecular weight is 531 g/mol. The van der Waals surface area contributed by atoms with Crippen LogP contribution in [0.4, 0.5) is 0 Å². The molecular weight excluding hydrogens is 488 g/mol. The van der Waals surface area contributed by atoms with Crippen molar-refractivity contribution in [3.05, 3.63) is 59.7 Å². The van der Waals surface area contributed by atoms with E-state index in [-0.39, 0.29) is 10.8 Å². The summed E-state index contributed by atoms with van der Waals surface area (Å²) in [4.78, 5) is 16.2. The Balaban J connectivity index is 1.17. The van der Waals surface area contributed by atoms with Gasteiger partial charge in [0.1, 0.15) is 0 Å². The molecule has 3 saturated carbocycles. The van der Waals surface area contributed by atoms with E-state index >= 15 is 0 Å². The number of nitrogens with zero attached hydrogens (tertiary/aromatic N) is 2. The van der Waals surface area contributed by atoms with Gasteiger partial charge in [-0.25, -0.2) is 4.98 Å². The first-order chi connectivity index (χ1) is 18.8. The van der Waals surface area contributed by atoms with Gasteiger partial charge in [0.25, 0.3) is 0 Å². The fourth-order valence-electron chi connectivity index (χ4n) is 8.51. The van der Waals surface area contributed by atoms with Crippen molar-refractivity contribution in [1.82, 2.24) is 9.55 Å². The van der Waals surface area contributed by atoms with Crippen LogP contribution in [0.25, 0.3) is 6.08 Å². The highest BCUT2D eigenvalue weighted by molar-refractivity contribution is 5.91. The molecule has 0 aliphatic heterocycles. The minimum absolute atomic E-state index is 0.0859. The van der Waals surface area contributed by atoms with Crippen molar-refractivity contribution in [2.45, 2.75) is 77.9 Å². The standard InChI is InChI=1S/C33H42N2O4/c1-32-11-9-25(36)20-24(32)6-7-26-27(32)10-12-33(2)28(26)19-23(31(33)37)17-22-5-8-29(30(18-22)38-3)39-16-4-14-35-15-13-34-21-35/h5,8,13,15,17-18,20-21,26-28,31,37H,4,6-7,9-12,14,16,19H2,1-3H3/t26?,27?,28?,31?,32-,33-/m0/s1. The largest absolute Gasteiger partial charge is 0.493 e. The lowest BCUT2D eigenvalue weighted by atomic mass is 9.47. The number of aliphatic hydroxyl groups excluding tert-OH is 1. The summed E-state index contributed by atoms with van der Waals surface area (Å²) in [5.41, 5.74) is 3.64. The van der Waals surface area contributed by atoms with E-state index in [0.29, 0.717) is 36.6 Å². The molecule has 1 N–H and O–H groups in total. The van der Waals surface area contributed by atoms with Crippen molar-refractivity contribution in [1.29, 1.82) is 0 Å². The van der Waals surface area contributed by atoms with E-state index in [0.717, 1.165) is 74.1 Å². The molecule has 4 aliphatic carbocycles. The molecule has 6 heteroatoms. The van der Waals surface area contributed by atoms with Gasteiger partial charge in [0.2, 0.25) is 0 Å². The Bertz CT molecular complexity index is 1280. The second-order valence-corrected chi connectivity index (χ2v) is 12.8. The number of carbonyl (C=O) groups is 1. The molecule has 0 bridgehead atoms. The number of methoxy groups -OCH3 is 1. The minimum Gasteiger partial charge on any atom is -0.493 e. The number of aromatic nitrogens is 2. The van der Waals surface area contributed by atoms with Crippen LogP contribution in [0, 0.1) is 28.6 Å². The van der Waals surface area contributed by atoms with Crippen LogP contribution in [0.5, 0.6) is 11.5 Å². The summed E-state index contributed by atoms with van der Waals surface area (Å²) in [6.07, 6.45) is 17.2. The third-order valence-corrected chi connectivity index (χ3v) is 10.7. The van der Waals surface area contributed by atoms with Gasteiger partial charge in [-0.15, -0.1) is 0 Å². The van der Waals surface area contributed by atoms with Crippen LogP contribution in [0.15, 0.2) is 54.1 Å². The van der Waals surface area contributed by atoms with Crippen molar-refractivity contribution in [3.63, 3.8) is 0 Å². The molecule has 1 aromatic carbocycles. The van der Waals surface area contributed by atoms with E-state index in [4.69, 9.17) is 9.47 Å². The number of fused-ring (bicyclic) bond motifs is 5. The molecule has 6 nitrogen and oxygen atoms in total. The average Bonchev–Trinajstić information content (AvgIpc) is 3.54. The lowest BCUT2D eigenvalue weighted by Crippen LogP contribution is -2.51. The Morgan fingerprint density at radius 3 is 2.82 bits per heavy atom. The smallest absolute Gasteiger partial charge is 0.161 e. The number of aryl methyl sites for hydroxylation is 1. The summed E-state index contributed by atoms with van der Waals surface area (Å²) in [6.45, 7) is 6.20. The quantitative estimate of drug-likeness (QED) is 0.429. The van der Waals surface area contributed by atoms with Gasteiger partial charge in [0.05, 0.1) is 26.1 Å². The number of ether oxygens (including phenoxy) is 2. The molecule has 4 unspecified atom stereocenters. The number of rotatable bonds is 7. The van der Waals surface area contributed by atoms with E-state index in [1.165, 1.54) is 5.57 Å². The molecule has 3 fully saturated rings. The molecule has 6 rings (SSSR count). The summed E-state index contributed by atoms with van der Waals surface area (Å²) >= 11 is 0. The summed E-state index contributed by atoms with van der Waals surface area (Å²) < 4.78 is 13.7. The summed E-state index contributed by atoms with van der Waals surface area (Å²) in [6, 6.07) is 6.07. The number of ketones is 1. The van der Waals surface area contributed by atoms with Crippen LogP contribution in [0.3, 0.4) is 0 Å². The van der Waals surface area contributed by atoms with Gasteiger partial charge >= 0.3 is 0 Å². The zero-order chi connectivity index (χ0) is 27.2. The van der Waals surface area contributed by atoms with E-state index in [2.05, 4.69) is 31.0 Å². The number of allylic oxidation sites excluding steroid dienone is 1. The molecule has 6 atom stereocenters. The van der Waals surface area contributed by atoms with Crippen LogP contribution in [0.1, 0.15) is 70.8 Å². The SMILES string of the molecule is COc1cc(C=C2CC3C4CCC5=CC(=O)CC[C@]5(C)C4CC[C@]3(C)C2O)ccc1OCCCn1ccnc1. The van der Waals surface area contributed by atoms with E-state index in [1.54, 1.807) is 13.3 Å². The van der Waals surface area contributed by atoms with Gasteiger partial charge in [0.15, 0.2) is 17.3 Å². The molecular formula is C33H42N2O4. The molecule has 4 aliphatic rings. The molecule has 1 aromatic heterocycles. The van der Waals surface area contributed by atoms with E-state index in [9.17, 15) is 9.90 Å². The molecule has 2 aromatic rings. The maximum Gasteiger partial charge on any atom is 0.161 e. The molecule has 0 saturated heterocycles. The second kappa shape index (κ2) is 10.3. The van der Waals surface area contributed by atoms with Crippen LogP contribution in [0.2, 0.25) is 0 Å². The fraction of sp³-hybridized carbons (Fsp3) is 0.576. The maximum absolute atomic E-state index is 12.2. The molecule has 1 heterocycles. The predicted octanol–water partition coefficient (Wildman–Crippen LogP) is 6.25. The number of aliphatic hydroxyl groups is 1. The van der Waals surface area contributed by atoms with Gasteiger partial charge in [0, 0.05) is 30.8 Å². The van der Waals surface area contributed by atoms with E-state index < -0.39 is 6.10 Å². The lowest BCUT2D eigenvalue weighted by Gasteiger charge is -2.57. The minimum atomic E-state index is -0.425. The summed E-state index contributed by atoms with van der Waals surface area (Å²) in [7, 11) is 1.68. The highest BCUT2D eigenvalue weighted by Crippen LogP contribution is 2.66. The molecule has 0 spiro atoms. The van der Waals surface area contributed by atoms with Gasteiger partial charge in [-0.3, -0.25) is 4.79 Å². The first-order valence-corrected chi connectivity index (χ1v) is 14.7. The molecule has 39 heavy (non-hydrogen) atoms. The van der Waals surface area contributed by atoms with Gasteiger partial charge in [-0.05, 0) is 97.5 Å². The lowest BCUT2D eigenvalue weighted by molar-refractivity contribution is -0.117. The van der Waals surface area contributed by atoms with Crippen LogP contribution in [-0.2, 0) is 11.3 Å². The zero-order valence-corrected chi connectivity index (χ0v) is 23.6. The summed E-state index contributed by atoms with van der Waals surface area (Å²) in [5, 5.41) is 11.6. The van der Waals surface area contributed by atoms with Crippen LogP contribution >= 0.6 is 0 Å². The van der Waals surface area contributed by atoms with Gasteiger partial charge in [-0.2, -0.15) is 0 Å². The Labute approximate surface area is 232 Å². The third-order valence-electron chi connectivity index (χ3n) is 10.7. The van der Waals surface area contributed by atoms with E-state index in [1.807, 2.05) is 35.3 Å². The number of carbonyl (C=O) groups excluding carboxylic acids is 1. The Kier molecular flexibility index (Phi) is 6.95. The number of benzene rings is 1. The highest BCUT2D eigenvalue weighted by Gasteiger charge is 2.59. The van der Waals surface area contributed by atoms with Crippen LogP contribution in [-0.4, -0.2) is 40.3 Å². The number of hydrogen-bond acceptors (Lipinski definition) is 5. The first kappa shape index (κ1) is 26.4. The second-order valence-electron chi connectivity index (χ2n) is 12.8. The summed E-state index contributed by atoms with van der Waals surface area (Å²) in [5.74, 6) is 3.46. The maximum atomic E-state index is 12.2. The number of hydrogen-bond donors (Lipinski definition) is 1. The van der Waals surface area contributed by atoms with Crippen molar-refractivity contribution >= 4 is 11.9 Å². The highest BCUT2D eigenvalue weighted by atomic mass is 16.5. The topological polar surface area (TPSA) is 73.6 Å². The molecule has 0 amide bonds. The zero-order valence-electron chi connectivity index (χ0n) is 23.6. The Hall–Kier alpha value is -2.86. The first-order valence-electron chi connectivity index (χ1n) is 14.7. The molecule has 0 radical (unpaired) electrons. The third kappa shape index (κ3) is 4.65. The normalized spacial score (nSPS) is 34.7.